The zero-order valence-corrected chi connectivity index (χ0v) is 8.62. The monoisotopic (exact) mass is 246 g/mol. The predicted molar refractivity (Wildman–Crippen MR) is 51.8 cm³/mol. The molecule has 0 fully saturated rings. The fraction of sp³-hybridized carbons (Fsp3) is 0.364. The summed E-state index contributed by atoms with van der Waals surface area (Å²) in [6, 6.07) is 3.07. The number of rotatable bonds is 1. The first-order valence-electron chi connectivity index (χ1n) is 4.97. The van der Waals surface area contributed by atoms with Crippen molar-refractivity contribution in [2.75, 3.05) is 0 Å². The Morgan fingerprint density at radius 3 is 2.71 bits per heavy atom. The van der Waals surface area contributed by atoms with Gasteiger partial charge < -0.3 is 9.84 Å². The molecule has 1 aromatic rings. The molecule has 0 spiro atoms. The SMILES string of the molecule is O=C(O)C1CCc2cc(C(F)(F)F)ccc2O1. The van der Waals surface area contributed by atoms with Gasteiger partial charge in [0.05, 0.1) is 5.56 Å². The van der Waals surface area contributed by atoms with Crippen LogP contribution < -0.4 is 4.74 Å². The molecule has 92 valence electrons. The Morgan fingerprint density at radius 2 is 2.12 bits per heavy atom. The maximum absolute atomic E-state index is 12.4. The van der Waals surface area contributed by atoms with Crippen LogP contribution in [0, 0.1) is 0 Å². The van der Waals surface area contributed by atoms with Crippen molar-refractivity contribution in [2.45, 2.75) is 25.1 Å². The average Bonchev–Trinajstić information content (AvgIpc) is 2.26. The molecular formula is C11H9F3O3. The topological polar surface area (TPSA) is 46.5 Å². The third kappa shape index (κ3) is 2.35. The fourth-order valence-corrected chi connectivity index (χ4v) is 1.74. The number of halogens is 3. The van der Waals surface area contributed by atoms with Crippen molar-refractivity contribution in [1.82, 2.24) is 0 Å². The van der Waals surface area contributed by atoms with E-state index in [0.29, 0.717) is 5.56 Å². The summed E-state index contributed by atoms with van der Waals surface area (Å²) in [7, 11) is 0. The molecule has 2 rings (SSSR count). The lowest BCUT2D eigenvalue weighted by molar-refractivity contribution is -0.146. The Bertz CT molecular complexity index is 454. The zero-order chi connectivity index (χ0) is 12.6. The Hall–Kier alpha value is -1.72. The van der Waals surface area contributed by atoms with Crippen molar-refractivity contribution in [2.24, 2.45) is 0 Å². The average molecular weight is 246 g/mol. The minimum atomic E-state index is -4.39. The maximum atomic E-state index is 12.4. The van der Waals surface area contributed by atoms with Gasteiger partial charge in [0.1, 0.15) is 5.75 Å². The first kappa shape index (κ1) is 11.8. The number of fused-ring (bicyclic) bond motifs is 1. The molecule has 17 heavy (non-hydrogen) atoms. The van der Waals surface area contributed by atoms with E-state index < -0.39 is 23.8 Å². The van der Waals surface area contributed by atoms with E-state index in [1.165, 1.54) is 6.07 Å². The Morgan fingerprint density at radius 1 is 1.41 bits per heavy atom. The van der Waals surface area contributed by atoms with Crippen molar-refractivity contribution in [3.8, 4) is 5.75 Å². The molecule has 0 saturated carbocycles. The summed E-state index contributed by atoms with van der Waals surface area (Å²) in [6.45, 7) is 0. The van der Waals surface area contributed by atoms with Gasteiger partial charge in [0, 0.05) is 0 Å². The summed E-state index contributed by atoms with van der Waals surface area (Å²) in [6.07, 6.45) is -4.90. The largest absolute Gasteiger partial charge is 0.479 e. The zero-order valence-electron chi connectivity index (χ0n) is 8.62. The molecule has 1 aliphatic heterocycles. The van der Waals surface area contributed by atoms with Crippen LogP contribution in [0.15, 0.2) is 18.2 Å². The van der Waals surface area contributed by atoms with Gasteiger partial charge in [-0.2, -0.15) is 13.2 Å². The van der Waals surface area contributed by atoms with E-state index in [0.717, 1.165) is 12.1 Å². The number of aryl methyl sites for hydroxylation is 1. The molecule has 1 atom stereocenters. The maximum Gasteiger partial charge on any atom is 0.416 e. The second kappa shape index (κ2) is 3.94. The molecule has 1 N–H and O–H groups in total. The summed E-state index contributed by atoms with van der Waals surface area (Å²) >= 11 is 0. The minimum Gasteiger partial charge on any atom is -0.479 e. The van der Waals surface area contributed by atoms with Gasteiger partial charge in [0.15, 0.2) is 6.10 Å². The van der Waals surface area contributed by atoms with E-state index in [4.69, 9.17) is 9.84 Å². The highest BCUT2D eigenvalue weighted by molar-refractivity contribution is 5.73. The number of alkyl halides is 3. The van der Waals surface area contributed by atoms with E-state index in [9.17, 15) is 18.0 Å². The van der Waals surface area contributed by atoms with E-state index in [1.54, 1.807) is 0 Å². The molecule has 1 unspecified atom stereocenters. The molecule has 0 amide bonds. The molecular weight excluding hydrogens is 237 g/mol. The van der Waals surface area contributed by atoms with Crippen LogP contribution in [0.3, 0.4) is 0 Å². The van der Waals surface area contributed by atoms with Gasteiger partial charge in [-0.05, 0) is 36.6 Å². The lowest BCUT2D eigenvalue weighted by Crippen LogP contribution is -2.31. The lowest BCUT2D eigenvalue weighted by atomic mass is 10.00. The molecule has 1 heterocycles. The first-order valence-corrected chi connectivity index (χ1v) is 4.97. The molecule has 3 nitrogen and oxygen atoms in total. The van der Waals surface area contributed by atoms with Crippen LogP contribution in [0.4, 0.5) is 13.2 Å². The van der Waals surface area contributed by atoms with Crippen LogP contribution in [0.2, 0.25) is 0 Å². The molecule has 6 heteroatoms. The van der Waals surface area contributed by atoms with Gasteiger partial charge in [0.25, 0.3) is 0 Å². The third-order valence-electron chi connectivity index (χ3n) is 2.61. The first-order chi connectivity index (χ1) is 7.88. The van der Waals surface area contributed by atoms with Crippen molar-refractivity contribution >= 4 is 5.97 Å². The van der Waals surface area contributed by atoms with Crippen LogP contribution >= 0.6 is 0 Å². The Labute approximate surface area is 94.8 Å². The van der Waals surface area contributed by atoms with E-state index in [1.807, 2.05) is 0 Å². The van der Waals surface area contributed by atoms with Crippen molar-refractivity contribution in [3.05, 3.63) is 29.3 Å². The fourth-order valence-electron chi connectivity index (χ4n) is 1.74. The molecule has 0 aromatic heterocycles. The highest BCUT2D eigenvalue weighted by atomic mass is 19.4. The van der Waals surface area contributed by atoms with Gasteiger partial charge >= 0.3 is 12.1 Å². The number of hydrogen-bond donors (Lipinski definition) is 1. The predicted octanol–water partition coefficient (Wildman–Crippen LogP) is 2.48. The second-order valence-electron chi connectivity index (χ2n) is 3.80. The van der Waals surface area contributed by atoms with Crippen molar-refractivity contribution in [1.29, 1.82) is 0 Å². The standard InChI is InChI=1S/C11H9F3O3/c12-11(13,14)7-2-4-8-6(5-7)1-3-9(17-8)10(15)16/h2,4-5,9H,1,3H2,(H,15,16). The third-order valence-corrected chi connectivity index (χ3v) is 2.61. The Balaban J connectivity index is 2.29. The molecule has 0 saturated heterocycles. The number of aliphatic carboxylic acids is 1. The van der Waals surface area contributed by atoms with Crippen LogP contribution in [-0.4, -0.2) is 17.2 Å². The molecule has 1 aromatic carbocycles. The normalized spacial score (nSPS) is 19.4. The number of hydrogen-bond acceptors (Lipinski definition) is 2. The van der Waals surface area contributed by atoms with Gasteiger partial charge in [-0.15, -0.1) is 0 Å². The Kier molecular flexibility index (Phi) is 2.73. The number of carboxylic acids is 1. The molecule has 0 radical (unpaired) electrons. The van der Waals surface area contributed by atoms with Gasteiger partial charge in [-0.25, -0.2) is 4.79 Å². The van der Waals surface area contributed by atoms with Crippen LogP contribution in [-0.2, 0) is 17.4 Å². The number of carboxylic acid groups (broad SMARTS) is 1. The van der Waals surface area contributed by atoms with E-state index >= 15 is 0 Å². The summed E-state index contributed by atoms with van der Waals surface area (Å²) in [5.41, 5.74) is -0.342. The van der Waals surface area contributed by atoms with Crippen LogP contribution in [0.5, 0.6) is 5.75 Å². The van der Waals surface area contributed by atoms with Gasteiger partial charge in [-0.1, -0.05) is 0 Å². The van der Waals surface area contributed by atoms with Crippen LogP contribution in [0.25, 0.3) is 0 Å². The quantitative estimate of drug-likeness (QED) is 0.828. The number of carbonyl (C=O) groups is 1. The summed E-state index contributed by atoms with van der Waals surface area (Å²) < 4.78 is 42.4. The number of benzene rings is 1. The summed E-state index contributed by atoms with van der Waals surface area (Å²) in [4.78, 5) is 10.7. The van der Waals surface area contributed by atoms with E-state index in [2.05, 4.69) is 0 Å². The molecule has 0 bridgehead atoms. The second-order valence-corrected chi connectivity index (χ2v) is 3.80. The summed E-state index contributed by atoms with van der Waals surface area (Å²) in [5, 5.41) is 8.74. The lowest BCUT2D eigenvalue weighted by Gasteiger charge is -2.23. The van der Waals surface area contributed by atoms with Gasteiger partial charge in [-0.3, -0.25) is 0 Å². The van der Waals surface area contributed by atoms with Crippen molar-refractivity contribution < 1.29 is 27.8 Å². The van der Waals surface area contributed by atoms with Gasteiger partial charge in [0.2, 0.25) is 0 Å². The van der Waals surface area contributed by atoms with Crippen molar-refractivity contribution in [3.63, 3.8) is 0 Å². The highest BCUT2D eigenvalue weighted by Gasteiger charge is 2.33. The highest BCUT2D eigenvalue weighted by Crippen LogP contribution is 2.35. The summed E-state index contributed by atoms with van der Waals surface area (Å²) in [5.74, 6) is -0.882. The van der Waals surface area contributed by atoms with Crippen LogP contribution in [0.1, 0.15) is 17.5 Å². The minimum absolute atomic E-state index is 0.184. The number of ether oxygens (including phenoxy) is 1. The smallest absolute Gasteiger partial charge is 0.416 e. The van der Waals surface area contributed by atoms with E-state index in [-0.39, 0.29) is 18.6 Å². The molecule has 1 aliphatic rings. The molecule has 0 aliphatic carbocycles.